The van der Waals surface area contributed by atoms with E-state index in [4.69, 9.17) is 10.9 Å². The van der Waals surface area contributed by atoms with E-state index < -0.39 is 17.9 Å². The predicted molar refractivity (Wildman–Crippen MR) is 70.5 cm³/mol. The highest BCUT2D eigenvalue weighted by Crippen LogP contribution is 2.39. The lowest BCUT2D eigenvalue weighted by Crippen LogP contribution is -2.45. The predicted octanol–water partition coefficient (Wildman–Crippen LogP) is 2.18. The Balaban J connectivity index is 2.53. The van der Waals surface area contributed by atoms with Gasteiger partial charge in [-0.05, 0) is 19.1 Å². The number of alkyl halides is 3. The van der Waals surface area contributed by atoms with E-state index in [9.17, 15) is 13.2 Å². The molecule has 0 radical (unpaired) electrons. The number of halogens is 3. The molecular weight excluding hydrogens is 279 g/mol. The topological polar surface area (TPSA) is 70.6 Å². The summed E-state index contributed by atoms with van der Waals surface area (Å²) in [6.45, 7) is 0.154. The Hall–Kier alpha value is -0.630. The quantitative estimate of drug-likeness (QED) is 0.304. The Labute approximate surface area is 115 Å². The molecule has 1 fully saturated rings. The van der Waals surface area contributed by atoms with E-state index >= 15 is 0 Å². The van der Waals surface area contributed by atoms with E-state index in [2.05, 4.69) is 10.5 Å². The first kappa shape index (κ1) is 16.4. The van der Waals surface area contributed by atoms with Crippen molar-refractivity contribution < 1.29 is 18.4 Å². The maximum absolute atomic E-state index is 12.7. The third-order valence-corrected chi connectivity index (χ3v) is 5.03. The van der Waals surface area contributed by atoms with Crippen molar-refractivity contribution >= 4 is 17.6 Å². The maximum Gasteiger partial charge on any atom is 0.400 e. The largest absolute Gasteiger partial charge is 0.409 e. The Morgan fingerprint density at radius 2 is 2.05 bits per heavy atom. The average Bonchev–Trinajstić information content (AvgIpc) is 2.81. The lowest BCUT2D eigenvalue weighted by atomic mass is 10.1. The molecule has 8 heteroatoms. The minimum atomic E-state index is -4.51. The molecule has 0 aromatic heterocycles. The molecule has 0 heterocycles. The summed E-state index contributed by atoms with van der Waals surface area (Å²) >= 11 is 1.70. The van der Waals surface area contributed by atoms with Crippen LogP contribution in [0.25, 0.3) is 0 Å². The summed E-state index contributed by atoms with van der Waals surface area (Å²) in [5.74, 6) is -2.75. The van der Waals surface area contributed by atoms with E-state index in [0.29, 0.717) is 6.54 Å². The van der Waals surface area contributed by atoms with Gasteiger partial charge in [-0.15, -0.1) is 0 Å². The molecule has 19 heavy (non-hydrogen) atoms. The normalized spacial score (nSPS) is 21.6. The fourth-order valence-corrected chi connectivity index (χ4v) is 3.32. The minimum Gasteiger partial charge on any atom is -0.409 e. The number of nitrogens with two attached hydrogens (primary N) is 1. The number of thioether (sulfide) groups is 1. The van der Waals surface area contributed by atoms with Crippen molar-refractivity contribution in [3.8, 4) is 0 Å². The summed E-state index contributed by atoms with van der Waals surface area (Å²) in [5, 5.41) is 13.7. The molecular formula is C11H20F3N3OS. The molecule has 4 nitrogen and oxygen atoms in total. The van der Waals surface area contributed by atoms with Crippen LogP contribution in [-0.4, -0.2) is 41.3 Å². The van der Waals surface area contributed by atoms with Crippen LogP contribution in [0.3, 0.4) is 0 Å². The van der Waals surface area contributed by atoms with Gasteiger partial charge in [0.1, 0.15) is 5.92 Å². The molecule has 0 bridgehead atoms. The zero-order valence-corrected chi connectivity index (χ0v) is 11.7. The van der Waals surface area contributed by atoms with Gasteiger partial charge in [-0.3, -0.25) is 0 Å². The van der Waals surface area contributed by atoms with Gasteiger partial charge in [-0.1, -0.05) is 18.0 Å². The molecule has 1 aliphatic rings. The van der Waals surface area contributed by atoms with Crippen LogP contribution in [0.1, 0.15) is 25.7 Å². The Bertz CT molecular complexity index is 317. The van der Waals surface area contributed by atoms with Gasteiger partial charge in [-0.25, -0.2) is 0 Å². The summed E-state index contributed by atoms with van der Waals surface area (Å²) in [6, 6.07) is 0. The summed E-state index contributed by atoms with van der Waals surface area (Å²) < 4.78 is 38.2. The third-order valence-electron chi connectivity index (χ3n) is 3.61. The van der Waals surface area contributed by atoms with Gasteiger partial charge in [0.15, 0.2) is 5.84 Å². The van der Waals surface area contributed by atoms with Crippen molar-refractivity contribution in [1.82, 2.24) is 5.32 Å². The van der Waals surface area contributed by atoms with Gasteiger partial charge in [0.2, 0.25) is 0 Å². The third kappa shape index (κ3) is 4.45. The highest BCUT2D eigenvalue weighted by atomic mass is 32.2. The summed E-state index contributed by atoms with van der Waals surface area (Å²) in [5.41, 5.74) is 5.10. The van der Waals surface area contributed by atoms with Crippen LogP contribution in [0.15, 0.2) is 5.16 Å². The molecule has 1 atom stereocenters. The first-order chi connectivity index (χ1) is 8.84. The first-order valence-corrected chi connectivity index (χ1v) is 7.37. The summed E-state index contributed by atoms with van der Waals surface area (Å²) in [4.78, 5) is 0. The van der Waals surface area contributed by atoms with Gasteiger partial charge < -0.3 is 16.3 Å². The molecule has 0 aromatic carbocycles. The highest BCUT2D eigenvalue weighted by molar-refractivity contribution is 8.00. The Morgan fingerprint density at radius 1 is 1.47 bits per heavy atom. The average molecular weight is 299 g/mol. The number of hydrogen-bond donors (Lipinski definition) is 3. The van der Waals surface area contributed by atoms with E-state index in [1.807, 2.05) is 6.26 Å². The number of amidine groups is 1. The van der Waals surface area contributed by atoms with Crippen molar-refractivity contribution in [2.24, 2.45) is 16.8 Å². The van der Waals surface area contributed by atoms with Crippen molar-refractivity contribution in [3.05, 3.63) is 0 Å². The summed E-state index contributed by atoms with van der Waals surface area (Å²) in [7, 11) is 0. The van der Waals surface area contributed by atoms with Gasteiger partial charge in [0, 0.05) is 17.8 Å². The van der Waals surface area contributed by atoms with Crippen LogP contribution in [0.2, 0.25) is 0 Å². The van der Waals surface area contributed by atoms with Crippen molar-refractivity contribution in [3.63, 3.8) is 0 Å². The van der Waals surface area contributed by atoms with E-state index in [0.717, 1.165) is 25.7 Å². The van der Waals surface area contributed by atoms with Crippen LogP contribution in [0.5, 0.6) is 0 Å². The van der Waals surface area contributed by atoms with Crippen LogP contribution >= 0.6 is 11.8 Å². The number of rotatable bonds is 6. The molecule has 1 unspecified atom stereocenters. The molecule has 0 aliphatic heterocycles. The number of nitrogens with one attached hydrogen (secondary N) is 1. The number of oxime groups is 1. The SMILES string of the molecule is CSC1(CNCC(C(N)=NO)C(F)(F)F)CCCC1. The van der Waals surface area contributed by atoms with Crippen molar-refractivity contribution in [1.29, 1.82) is 0 Å². The van der Waals surface area contributed by atoms with E-state index in [1.54, 1.807) is 11.8 Å². The standard InChI is InChI=1S/C11H20F3N3OS/c1-19-10(4-2-3-5-10)7-16-6-8(9(15)17-18)11(12,13)14/h8,16,18H,2-7H2,1H3,(H2,15,17). The Kier molecular flexibility index (Phi) is 5.79. The molecule has 0 aromatic rings. The van der Waals surface area contributed by atoms with Crippen molar-refractivity contribution in [2.45, 2.75) is 36.6 Å². The molecule has 1 aliphatic carbocycles. The maximum atomic E-state index is 12.7. The molecule has 0 amide bonds. The Morgan fingerprint density at radius 3 is 2.47 bits per heavy atom. The van der Waals surface area contributed by atoms with Crippen LogP contribution in [0, 0.1) is 5.92 Å². The molecule has 1 rings (SSSR count). The van der Waals surface area contributed by atoms with Crippen LogP contribution in [0.4, 0.5) is 13.2 Å². The van der Waals surface area contributed by atoms with Crippen LogP contribution < -0.4 is 11.1 Å². The second-order valence-electron chi connectivity index (χ2n) is 4.84. The molecule has 4 N–H and O–H groups in total. The first-order valence-electron chi connectivity index (χ1n) is 6.14. The number of hydrogen-bond acceptors (Lipinski definition) is 4. The van der Waals surface area contributed by atoms with Crippen LogP contribution in [-0.2, 0) is 0 Å². The highest BCUT2D eigenvalue weighted by Gasteiger charge is 2.43. The minimum absolute atomic E-state index is 0.0290. The molecule has 0 spiro atoms. The van der Waals surface area contributed by atoms with Gasteiger partial charge >= 0.3 is 6.18 Å². The second-order valence-corrected chi connectivity index (χ2v) is 6.12. The smallest absolute Gasteiger partial charge is 0.400 e. The van der Waals surface area contributed by atoms with E-state index in [1.165, 1.54) is 0 Å². The van der Waals surface area contributed by atoms with Gasteiger partial charge in [0.25, 0.3) is 0 Å². The fraction of sp³-hybridized carbons (Fsp3) is 0.909. The van der Waals surface area contributed by atoms with Gasteiger partial charge in [0.05, 0.1) is 0 Å². The number of nitrogens with zero attached hydrogens (tertiary/aromatic N) is 1. The lowest BCUT2D eigenvalue weighted by Gasteiger charge is -2.28. The second kappa shape index (κ2) is 6.69. The van der Waals surface area contributed by atoms with Gasteiger partial charge in [-0.2, -0.15) is 24.9 Å². The monoisotopic (exact) mass is 299 g/mol. The fourth-order valence-electron chi connectivity index (χ4n) is 2.37. The summed E-state index contributed by atoms with van der Waals surface area (Å²) in [6.07, 6.45) is 1.74. The molecule has 1 saturated carbocycles. The lowest BCUT2D eigenvalue weighted by molar-refractivity contribution is -0.154. The van der Waals surface area contributed by atoms with E-state index in [-0.39, 0.29) is 11.3 Å². The van der Waals surface area contributed by atoms with Crippen molar-refractivity contribution in [2.75, 3.05) is 19.3 Å². The molecule has 112 valence electrons. The molecule has 0 saturated heterocycles. The zero-order chi connectivity index (χ0) is 14.5. The zero-order valence-electron chi connectivity index (χ0n) is 10.8.